The summed E-state index contributed by atoms with van der Waals surface area (Å²) in [6, 6.07) is 14.4. The minimum atomic E-state index is -3.61. The highest BCUT2D eigenvalue weighted by molar-refractivity contribution is 7.89. The molecule has 0 aliphatic heterocycles. The standard InChI is InChI=1S/C20H27NO4S/c1-20(2,3)16-9-11-18(12-10-16)26(22,23)21-14-19(25-5)15-7-6-8-17(13-15)24-4/h6-13,19,21H,14H2,1-5H3. The van der Waals surface area contributed by atoms with Crippen LogP contribution in [0, 0.1) is 0 Å². The van der Waals surface area contributed by atoms with E-state index in [4.69, 9.17) is 9.47 Å². The van der Waals surface area contributed by atoms with Crippen molar-refractivity contribution >= 4 is 10.0 Å². The highest BCUT2D eigenvalue weighted by Gasteiger charge is 2.20. The van der Waals surface area contributed by atoms with Crippen molar-refractivity contribution in [3.8, 4) is 5.75 Å². The van der Waals surface area contributed by atoms with E-state index in [1.54, 1.807) is 26.4 Å². The average Bonchev–Trinajstić information content (AvgIpc) is 2.62. The van der Waals surface area contributed by atoms with Gasteiger partial charge in [-0.15, -0.1) is 0 Å². The Morgan fingerprint density at radius 1 is 1.04 bits per heavy atom. The highest BCUT2D eigenvalue weighted by Crippen LogP contribution is 2.24. The molecule has 0 aliphatic carbocycles. The zero-order chi connectivity index (χ0) is 19.4. The fourth-order valence-electron chi connectivity index (χ4n) is 2.58. The van der Waals surface area contributed by atoms with Gasteiger partial charge in [-0.1, -0.05) is 45.0 Å². The Bertz CT molecular complexity index is 824. The van der Waals surface area contributed by atoms with E-state index in [1.165, 1.54) is 0 Å². The van der Waals surface area contributed by atoms with E-state index in [9.17, 15) is 8.42 Å². The second-order valence-corrected chi connectivity index (χ2v) is 8.89. The average molecular weight is 378 g/mol. The summed E-state index contributed by atoms with van der Waals surface area (Å²) in [7, 11) is -0.472. The van der Waals surface area contributed by atoms with Crippen molar-refractivity contribution in [1.29, 1.82) is 0 Å². The zero-order valence-corrected chi connectivity index (χ0v) is 16.8. The van der Waals surface area contributed by atoms with Gasteiger partial charge in [-0.3, -0.25) is 0 Å². The van der Waals surface area contributed by atoms with Crippen molar-refractivity contribution in [3.63, 3.8) is 0 Å². The lowest BCUT2D eigenvalue weighted by Gasteiger charge is -2.20. The maximum absolute atomic E-state index is 12.6. The highest BCUT2D eigenvalue weighted by atomic mass is 32.2. The van der Waals surface area contributed by atoms with Crippen LogP contribution in [0.2, 0.25) is 0 Å². The van der Waals surface area contributed by atoms with Crippen molar-refractivity contribution in [3.05, 3.63) is 59.7 Å². The first-order valence-corrected chi connectivity index (χ1v) is 9.92. The number of benzene rings is 2. The van der Waals surface area contributed by atoms with Crippen LogP contribution in [0.1, 0.15) is 38.0 Å². The third-order valence-corrected chi connectivity index (χ3v) is 5.68. The van der Waals surface area contributed by atoms with Crippen molar-refractivity contribution in [2.24, 2.45) is 0 Å². The van der Waals surface area contributed by atoms with E-state index < -0.39 is 16.1 Å². The zero-order valence-electron chi connectivity index (χ0n) is 15.9. The van der Waals surface area contributed by atoms with Gasteiger partial charge in [0.15, 0.2) is 0 Å². The van der Waals surface area contributed by atoms with Gasteiger partial charge < -0.3 is 9.47 Å². The molecular formula is C20H27NO4S. The first kappa shape index (κ1) is 20.4. The van der Waals surface area contributed by atoms with E-state index in [1.807, 2.05) is 36.4 Å². The third kappa shape index (κ3) is 5.06. The lowest BCUT2D eigenvalue weighted by molar-refractivity contribution is 0.107. The van der Waals surface area contributed by atoms with E-state index >= 15 is 0 Å². The molecule has 1 N–H and O–H groups in total. The van der Waals surface area contributed by atoms with Crippen LogP contribution in [0.5, 0.6) is 5.75 Å². The predicted octanol–water partition coefficient (Wildman–Crippen LogP) is 3.66. The minimum absolute atomic E-state index is 0.0246. The lowest BCUT2D eigenvalue weighted by Crippen LogP contribution is -2.29. The van der Waals surface area contributed by atoms with Gasteiger partial charge in [-0.25, -0.2) is 13.1 Å². The third-order valence-electron chi connectivity index (χ3n) is 4.24. The molecule has 0 heterocycles. The first-order chi connectivity index (χ1) is 12.2. The molecule has 26 heavy (non-hydrogen) atoms. The quantitative estimate of drug-likeness (QED) is 0.800. The van der Waals surface area contributed by atoms with Crippen LogP contribution in [0.25, 0.3) is 0 Å². The summed E-state index contributed by atoms with van der Waals surface area (Å²) in [5.74, 6) is 0.699. The molecular weight excluding hydrogens is 350 g/mol. The fraction of sp³-hybridized carbons (Fsp3) is 0.400. The number of methoxy groups -OCH3 is 2. The van der Waals surface area contributed by atoms with Crippen LogP contribution >= 0.6 is 0 Å². The molecule has 0 radical (unpaired) electrons. The van der Waals surface area contributed by atoms with Gasteiger partial charge in [0.05, 0.1) is 18.1 Å². The molecule has 6 heteroatoms. The monoisotopic (exact) mass is 377 g/mol. The fourth-order valence-corrected chi connectivity index (χ4v) is 3.61. The van der Waals surface area contributed by atoms with Gasteiger partial charge >= 0.3 is 0 Å². The summed E-state index contributed by atoms with van der Waals surface area (Å²) in [6.45, 7) is 6.40. The van der Waals surface area contributed by atoms with Crippen LogP contribution in [0.15, 0.2) is 53.4 Å². The Morgan fingerprint density at radius 3 is 2.23 bits per heavy atom. The largest absolute Gasteiger partial charge is 0.497 e. The van der Waals surface area contributed by atoms with Crippen molar-refractivity contribution in [2.75, 3.05) is 20.8 Å². The molecule has 0 aromatic heterocycles. The molecule has 2 aromatic carbocycles. The molecule has 0 spiro atoms. The summed E-state index contributed by atoms with van der Waals surface area (Å²) < 4.78 is 38.4. The van der Waals surface area contributed by atoms with Gasteiger partial charge in [0, 0.05) is 13.7 Å². The van der Waals surface area contributed by atoms with Gasteiger partial charge in [0.25, 0.3) is 0 Å². The molecule has 0 bridgehead atoms. The molecule has 2 aromatic rings. The minimum Gasteiger partial charge on any atom is -0.497 e. The summed E-state index contributed by atoms with van der Waals surface area (Å²) in [5, 5.41) is 0. The lowest BCUT2D eigenvalue weighted by atomic mass is 9.87. The Hall–Kier alpha value is -1.89. The summed E-state index contributed by atoms with van der Waals surface area (Å²) >= 11 is 0. The van der Waals surface area contributed by atoms with E-state index in [2.05, 4.69) is 25.5 Å². The molecule has 1 unspecified atom stereocenters. The predicted molar refractivity (Wildman–Crippen MR) is 103 cm³/mol. The summed E-state index contributed by atoms with van der Waals surface area (Å²) in [5.41, 5.74) is 1.91. The number of hydrogen-bond donors (Lipinski definition) is 1. The van der Waals surface area contributed by atoms with Gasteiger partial charge in [-0.05, 0) is 40.8 Å². The number of ether oxygens (including phenoxy) is 2. The van der Waals surface area contributed by atoms with Gasteiger partial charge in [-0.2, -0.15) is 0 Å². The van der Waals surface area contributed by atoms with Crippen molar-refractivity contribution in [1.82, 2.24) is 4.72 Å². The summed E-state index contributed by atoms with van der Waals surface area (Å²) in [6.07, 6.45) is -0.409. The normalized spacial score (nSPS) is 13.4. The Balaban J connectivity index is 2.12. The topological polar surface area (TPSA) is 64.6 Å². The van der Waals surface area contributed by atoms with Crippen LogP contribution in [-0.4, -0.2) is 29.2 Å². The summed E-state index contributed by atoms with van der Waals surface area (Å²) in [4.78, 5) is 0.242. The number of rotatable bonds is 7. The van der Waals surface area contributed by atoms with Crippen LogP contribution in [-0.2, 0) is 20.2 Å². The van der Waals surface area contributed by atoms with E-state index in [-0.39, 0.29) is 16.9 Å². The molecule has 1 atom stereocenters. The molecule has 2 rings (SSSR count). The van der Waals surface area contributed by atoms with Crippen LogP contribution in [0.4, 0.5) is 0 Å². The second kappa shape index (κ2) is 8.20. The molecule has 0 saturated carbocycles. The Morgan fingerprint density at radius 2 is 1.69 bits per heavy atom. The maximum Gasteiger partial charge on any atom is 0.240 e. The first-order valence-electron chi connectivity index (χ1n) is 8.44. The number of hydrogen-bond acceptors (Lipinski definition) is 4. The van der Waals surface area contributed by atoms with E-state index in [0.29, 0.717) is 5.75 Å². The molecule has 0 amide bonds. The van der Waals surface area contributed by atoms with Crippen molar-refractivity contribution in [2.45, 2.75) is 37.2 Å². The van der Waals surface area contributed by atoms with Crippen molar-refractivity contribution < 1.29 is 17.9 Å². The Labute approximate surface area is 156 Å². The smallest absolute Gasteiger partial charge is 0.240 e. The SMILES string of the molecule is COc1cccc(C(CNS(=O)(=O)c2ccc(C(C)(C)C)cc2)OC)c1. The molecule has 0 saturated heterocycles. The number of sulfonamides is 1. The van der Waals surface area contributed by atoms with Crippen LogP contribution in [0.3, 0.4) is 0 Å². The number of nitrogens with one attached hydrogen (secondary N) is 1. The van der Waals surface area contributed by atoms with Gasteiger partial charge in [0.2, 0.25) is 10.0 Å². The molecule has 142 valence electrons. The molecule has 0 fully saturated rings. The maximum atomic E-state index is 12.6. The Kier molecular flexibility index (Phi) is 6.44. The molecule has 5 nitrogen and oxygen atoms in total. The van der Waals surface area contributed by atoms with Crippen LogP contribution < -0.4 is 9.46 Å². The second-order valence-electron chi connectivity index (χ2n) is 7.13. The van der Waals surface area contributed by atoms with E-state index in [0.717, 1.165) is 11.1 Å². The van der Waals surface area contributed by atoms with Gasteiger partial charge in [0.1, 0.15) is 5.75 Å². The molecule has 0 aliphatic rings.